The number of nitrogens with one attached hydrogen (secondary N) is 1. The number of para-hydroxylation sites is 1. The van der Waals surface area contributed by atoms with Crippen molar-refractivity contribution in [1.82, 2.24) is 0 Å². The number of carboxylic acid groups (broad SMARTS) is 1. The second kappa shape index (κ2) is 9.02. The summed E-state index contributed by atoms with van der Waals surface area (Å²) in [6.07, 6.45) is 1.65. The molecule has 7 nitrogen and oxygen atoms in total. The van der Waals surface area contributed by atoms with Crippen LogP contribution in [0.15, 0.2) is 71.6 Å². The number of fused-ring (bicyclic) bond motifs is 2. The molecule has 2 aliphatic heterocycles. The van der Waals surface area contributed by atoms with Crippen molar-refractivity contribution in [3.8, 4) is 5.75 Å². The fourth-order valence-electron chi connectivity index (χ4n) is 4.76. The fourth-order valence-corrected chi connectivity index (χ4v) is 6.36. The normalized spacial score (nSPS) is 16.9. The number of ether oxygens (including phenoxy) is 1. The predicted octanol–water partition coefficient (Wildman–Crippen LogP) is 4.39. The van der Waals surface area contributed by atoms with Crippen molar-refractivity contribution in [2.75, 3.05) is 22.8 Å². The van der Waals surface area contributed by atoms with E-state index in [0.29, 0.717) is 25.4 Å². The first-order valence-corrected chi connectivity index (χ1v) is 12.8. The topological polar surface area (TPSA) is 95.9 Å². The Balaban J connectivity index is 1.40. The number of sulfonamides is 1. The molecule has 3 aromatic rings. The molecule has 34 heavy (non-hydrogen) atoms. The summed E-state index contributed by atoms with van der Waals surface area (Å²) in [5.41, 5.74) is 4.43. The number of benzene rings is 3. The van der Waals surface area contributed by atoms with Gasteiger partial charge in [0.1, 0.15) is 5.75 Å². The number of aryl methyl sites for hydroxylation is 1. The largest absolute Gasteiger partial charge is 0.493 e. The minimum atomic E-state index is -3.67. The number of hydrogen-bond acceptors (Lipinski definition) is 5. The molecule has 0 saturated carbocycles. The van der Waals surface area contributed by atoms with E-state index in [1.807, 2.05) is 42.5 Å². The minimum Gasteiger partial charge on any atom is -0.493 e. The zero-order chi connectivity index (χ0) is 23.7. The Kier molecular flexibility index (Phi) is 5.91. The highest BCUT2D eigenvalue weighted by atomic mass is 32.2. The number of aliphatic carboxylic acids is 1. The molecule has 3 aromatic carbocycles. The first-order chi connectivity index (χ1) is 16.4. The predicted molar refractivity (Wildman–Crippen MR) is 130 cm³/mol. The van der Waals surface area contributed by atoms with Gasteiger partial charge in [0.2, 0.25) is 0 Å². The molecule has 0 amide bonds. The van der Waals surface area contributed by atoms with E-state index in [1.54, 1.807) is 28.6 Å². The fraction of sp³-hybridized carbons (Fsp3) is 0.269. The van der Waals surface area contributed by atoms with Gasteiger partial charge in [-0.1, -0.05) is 42.5 Å². The van der Waals surface area contributed by atoms with E-state index in [2.05, 4.69) is 5.32 Å². The summed E-state index contributed by atoms with van der Waals surface area (Å²) in [5.74, 6) is -0.286. The van der Waals surface area contributed by atoms with E-state index < -0.39 is 16.0 Å². The van der Waals surface area contributed by atoms with Crippen LogP contribution >= 0.6 is 0 Å². The maximum atomic E-state index is 13.5. The summed E-state index contributed by atoms with van der Waals surface area (Å²) in [7, 11) is -3.67. The van der Waals surface area contributed by atoms with Crippen molar-refractivity contribution in [3.63, 3.8) is 0 Å². The molecule has 0 aromatic heterocycles. The summed E-state index contributed by atoms with van der Waals surface area (Å²) in [6.45, 7) is 1.25. The van der Waals surface area contributed by atoms with E-state index in [0.717, 1.165) is 40.9 Å². The molecule has 1 atom stereocenters. The van der Waals surface area contributed by atoms with Gasteiger partial charge in [0.25, 0.3) is 10.0 Å². The molecular weight excluding hydrogens is 452 g/mol. The first kappa shape index (κ1) is 22.3. The van der Waals surface area contributed by atoms with Gasteiger partial charge in [0, 0.05) is 36.3 Å². The van der Waals surface area contributed by atoms with Crippen LogP contribution in [0, 0.1) is 0 Å². The molecule has 8 heteroatoms. The van der Waals surface area contributed by atoms with Crippen LogP contribution in [-0.2, 0) is 27.8 Å². The first-order valence-electron chi connectivity index (χ1n) is 11.3. The average Bonchev–Trinajstić information content (AvgIpc) is 3.24. The number of carboxylic acids is 1. The van der Waals surface area contributed by atoms with Crippen molar-refractivity contribution in [2.45, 2.75) is 36.6 Å². The summed E-state index contributed by atoms with van der Waals surface area (Å²) < 4.78 is 34.2. The van der Waals surface area contributed by atoms with Crippen LogP contribution in [0.25, 0.3) is 0 Å². The highest BCUT2D eigenvalue weighted by molar-refractivity contribution is 7.92. The lowest BCUT2D eigenvalue weighted by atomic mass is 9.97. The lowest BCUT2D eigenvalue weighted by molar-refractivity contribution is -0.137. The highest BCUT2D eigenvalue weighted by Crippen LogP contribution is 2.39. The highest BCUT2D eigenvalue weighted by Gasteiger charge is 2.31. The molecule has 1 unspecified atom stereocenters. The molecule has 2 aliphatic rings. The Labute approximate surface area is 199 Å². The van der Waals surface area contributed by atoms with Gasteiger partial charge in [0.05, 0.1) is 23.6 Å². The molecule has 0 bridgehead atoms. The molecular formula is C26H26N2O5S. The quantitative estimate of drug-likeness (QED) is 0.523. The molecule has 2 N–H and O–H groups in total. The van der Waals surface area contributed by atoms with E-state index in [-0.39, 0.29) is 17.2 Å². The Morgan fingerprint density at radius 1 is 1.09 bits per heavy atom. The van der Waals surface area contributed by atoms with Gasteiger partial charge in [-0.25, -0.2) is 8.42 Å². The van der Waals surface area contributed by atoms with Crippen LogP contribution in [0.2, 0.25) is 0 Å². The molecule has 0 aliphatic carbocycles. The zero-order valence-electron chi connectivity index (χ0n) is 18.6. The molecule has 0 spiro atoms. The number of hydrogen-bond donors (Lipinski definition) is 2. The third kappa shape index (κ3) is 4.21. The lowest BCUT2D eigenvalue weighted by Gasteiger charge is -2.32. The summed E-state index contributed by atoms with van der Waals surface area (Å²) in [5, 5.41) is 12.5. The van der Waals surface area contributed by atoms with Crippen molar-refractivity contribution in [2.24, 2.45) is 0 Å². The van der Waals surface area contributed by atoms with Gasteiger partial charge in [0.15, 0.2) is 0 Å². The average molecular weight is 479 g/mol. The van der Waals surface area contributed by atoms with Crippen LogP contribution in [0.4, 0.5) is 11.4 Å². The van der Waals surface area contributed by atoms with Crippen LogP contribution in [0.5, 0.6) is 5.75 Å². The minimum absolute atomic E-state index is 0.0433. The third-order valence-corrected chi connectivity index (χ3v) is 8.20. The van der Waals surface area contributed by atoms with Gasteiger partial charge in [-0.05, 0) is 42.2 Å². The van der Waals surface area contributed by atoms with E-state index in [9.17, 15) is 13.2 Å². The summed E-state index contributed by atoms with van der Waals surface area (Å²) in [4.78, 5) is 11.4. The second-order valence-electron chi connectivity index (χ2n) is 8.63. The zero-order valence-corrected chi connectivity index (χ0v) is 19.4. The standard InChI is InChI=1S/C26H26N2O5S/c29-25(30)14-20-17-33-24-15-21(11-12-23(20)24)27-16-19-7-4-6-18-8-5-13-28(26(18)19)34(31,32)22-9-2-1-3-10-22/h1-4,6-7,9-12,15,20,27H,5,8,13-14,16-17H2,(H,29,30). The number of nitrogens with zero attached hydrogens (tertiary/aromatic N) is 1. The third-order valence-electron chi connectivity index (χ3n) is 6.39. The van der Waals surface area contributed by atoms with Gasteiger partial charge in [-0.3, -0.25) is 9.10 Å². The number of anilines is 2. The van der Waals surface area contributed by atoms with Crippen molar-refractivity contribution < 1.29 is 23.1 Å². The van der Waals surface area contributed by atoms with Crippen LogP contribution < -0.4 is 14.4 Å². The Hall–Kier alpha value is -3.52. The van der Waals surface area contributed by atoms with E-state index in [4.69, 9.17) is 9.84 Å². The van der Waals surface area contributed by atoms with Crippen molar-refractivity contribution in [3.05, 3.63) is 83.4 Å². The summed E-state index contributed by atoms with van der Waals surface area (Å²) in [6, 6.07) is 20.2. The van der Waals surface area contributed by atoms with Crippen LogP contribution in [0.1, 0.15) is 35.4 Å². The van der Waals surface area contributed by atoms with E-state index >= 15 is 0 Å². The lowest BCUT2D eigenvalue weighted by Crippen LogP contribution is -2.36. The number of rotatable bonds is 7. The smallest absolute Gasteiger partial charge is 0.304 e. The molecule has 0 radical (unpaired) electrons. The van der Waals surface area contributed by atoms with Gasteiger partial charge in [-0.2, -0.15) is 0 Å². The SMILES string of the molecule is O=C(O)CC1COc2cc(NCc3cccc4c3N(S(=O)(=O)c3ccccc3)CCC4)ccc21. The van der Waals surface area contributed by atoms with Gasteiger partial charge >= 0.3 is 5.97 Å². The molecule has 0 saturated heterocycles. The maximum absolute atomic E-state index is 13.5. The summed E-state index contributed by atoms with van der Waals surface area (Å²) >= 11 is 0. The Morgan fingerprint density at radius 3 is 2.71 bits per heavy atom. The van der Waals surface area contributed by atoms with Gasteiger partial charge in [-0.15, -0.1) is 0 Å². The Bertz CT molecular complexity index is 1320. The second-order valence-corrected chi connectivity index (χ2v) is 10.5. The Morgan fingerprint density at radius 2 is 1.91 bits per heavy atom. The molecule has 176 valence electrons. The van der Waals surface area contributed by atoms with Crippen molar-refractivity contribution >= 4 is 27.4 Å². The monoisotopic (exact) mass is 478 g/mol. The van der Waals surface area contributed by atoms with Gasteiger partial charge < -0.3 is 15.2 Å². The molecule has 5 rings (SSSR count). The maximum Gasteiger partial charge on any atom is 0.304 e. The van der Waals surface area contributed by atoms with E-state index in [1.165, 1.54) is 0 Å². The van der Waals surface area contributed by atoms with Crippen molar-refractivity contribution in [1.29, 1.82) is 0 Å². The van der Waals surface area contributed by atoms with Crippen LogP contribution in [0.3, 0.4) is 0 Å². The number of carbonyl (C=O) groups is 1. The van der Waals surface area contributed by atoms with Crippen LogP contribution in [-0.4, -0.2) is 32.6 Å². The molecule has 0 fully saturated rings. The molecule has 2 heterocycles.